The Balaban J connectivity index is 2.11. The summed E-state index contributed by atoms with van der Waals surface area (Å²) >= 11 is 0. The van der Waals surface area contributed by atoms with E-state index < -0.39 is 0 Å². The van der Waals surface area contributed by atoms with Gasteiger partial charge >= 0.3 is 0 Å². The molecule has 0 spiro atoms. The molecule has 0 atom stereocenters. The van der Waals surface area contributed by atoms with Gasteiger partial charge in [-0.1, -0.05) is 12.5 Å². The number of benzene rings is 1. The van der Waals surface area contributed by atoms with Crippen LogP contribution in [0.3, 0.4) is 0 Å². The molecule has 0 heterocycles. The van der Waals surface area contributed by atoms with Gasteiger partial charge in [0, 0.05) is 12.6 Å². The minimum Gasteiger partial charge on any atom is -0.486 e. The maximum Gasteiger partial charge on any atom is 0.126 e. The average molecular weight is 223 g/mol. The highest BCUT2D eigenvalue weighted by Crippen LogP contribution is 2.32. The van der Waals surface area contributed by atoms with Crippen molar-refractivity contribution in [3.05, 3.63) is 30.1 Å². The third-order valence-electron chi connectivity index (χ3n) is 3.27. The van der Waals surface area contributed by atoms with Crippen molar-refractivity contribution < 1.29 is 9.13 Å². The van der Waals surface area contributed by atoms with Gasteiger partial charge in [-0.2, -0.15) is 0 Å². The Bertz CT molecular complexity index is 348. The molecule has 1 fully saturated rings. The van der Waals surface area contributed by atoms with Crippen molar-refractivity contribution in [2.45, 2.75) is 37.7 Å². The van der Waals surface area contributed by atoms with Gasteiger partial charge in [-0.05, 0) is 37.8 Å². The summed E-state index contributed by atoms with van der Waals surface area (Å²) in [5, 5.41) is 0. The predicted octanol–water partition coefficient (Wildman–Crippen LogP) is 2.87. The maximum atomic E-state index is 13.0. The maximum absolute atomic E-state index is 13.0. The molecule has 0 aliphatic heterocycles. The summed E-state index contributed by atoms with van der Waals surface area (Å²) in [5.41, 5.74) is 5.53. The minimum atomic E-state index is -0.272. The third-order valence-corrected chi connectivity index (χ3v) is 3.27. The molecule has 3 heteroatoms. The van der Waals surface area contributed by atoms with Crippen LogP contribution in [0.5, 0.6) is 5.75 Å². The van der Waals surface area contributed by atoms with Gasteiger partial charge < -0.3 is 10.5 Å². The highest BCUT2D eigenvalue weighted by molar-refractivity contribution is 5.23. The molecule has 0 bridgehead atoms. The first-order valence-corrected chi connectivity index (χ1v) is 5.89. The second-order valence-electron chi connectivity index (χ2n) is 4.51. The lowest BCUT2D eigenvalue weighted by Gasteiger charge is -2.36. The lowest BCUT2D eigenvalue weighted by molar-refractivity contribution is 0.0384. The fourth-order valence-electron chi connectivity index (χ4n) is 2.32. The Hall–Kier alpha value is -1.09. The third kappa shape index (κ3) is 2.53. The van der Waals surface area contributed by atoms with Gasteiger partial charge in [0.2, 0.25) is 0 Å². The van der Waals surface area contributed by atoms with Gasteiger partial charge in [0.1, 0.15) is 17.2 Å². The average Bonchev–Trinajstić information content (AvgIpc) is 2.30. The van der Waals surface area contributed by atoms with Gasteiger partial charge in [0.25, 0.3) is 0 Å². The highest BCUT2D eigenvalue weighted by Gasteiger charge is 2.32. The van der Waals surface area contributed by atoms with Crippen LogP contribution in [-0.4, -0.2) is 12.1 Å². The quantitative estimate of drug-likeness (QED) is 0.855. The number of hydrogen-bond acceptors (Lipinski definition) is 2. The Labute approximate surface area is 95.6 Å². The van der Waals surface area contributed by atoms with Crippen molar-refractivity contribution in [2.75, 3.05) is 6.54 Å². The monoisotopic (exact) mass is 223 g/mol. The second kappa shape index (κ2) is 4.83. The largest absolute Gasteiger partial charge is 0.486 e. The molecule has 0 aromatic heterocycles. The zero-order valence-corrected chi connectivity index (χ0v) is 9.42. The summed E-state index contributed by atoms with van der Waals surface area (Å²) in [6.45, 7) is 0.503. The summed E-state index contributed by atoms with van der Waals surface area (Å²) in [5.74, 6) is 0.327. The molecule has 2 N–H and O–H groups in total. The van der Waals surface area contributed by atoms with E-state index in [2.05, 4.69) is 0 Å². The van der Waals surface area contributed by atoms with Gasteiger partial charge in [-0.25, -0.2) is 4.39 Å². The molecular formula is C13H18FNO. The topological polar surface area (TPSA) is 35.2 Å². The first kappa shape index (κ1) is 11.4. The van der Waals surface area contributed by atoms with E-state index in [1.54, 1.807) is 12.1 Å². The molecule has 1 aliphatic rings. The summed E-state index contributed by atoms with van der Waals surface area (Å²) in [6.07, 6.45) is 5.48. The molecule has 88 valence electrons. The van der Waals surface area contributed by atoms with E-state index in [1.165, 1.54) is 18.6 Å². The first-order chi connectivity index (χ1) is 7.74. The van der Waals surface area contributed by atoms with Crippen LogP contribution in [0, 0.1) is 5.82 Å². The first-order valence-electron chi connectivity index (χ1n) is 5.89. The molecule has 16 heavy (non-hydrogen) atoms. The SMILES string of the molecule is NCC1(Oc2cccc(F)c2)CCCCC1. The van der Waals surface area contributed by atoms with Crippen molar-refractivity contribution in [3.8, 4) is 5.75 Å². The van der Waals surface area contributed by atoms with Crippen LogP contribution < -0.4 is 10.5 Å². The van der Waals surface area contributed by atoms with Crippen molar-refractivity contribution in [2.24, 2.45) is 5.73 Å². The fraction of sp³-hybridized carbons (Fsp3) is 0.538. The summed E-state index contributed by atoms with van der Waals surface area (Å²) < 4.78 is 18.9. The predicted molar refractivity (Wildman–Crippen MR) is 61.9 cm³/mol. The Morgan fingerprint density at radius 2 is 2.00 bits per heavy atom. The van der Waals surface area contributed by atoms with Crippen molar-refractivity contribution in [1.82, 2.24) is 0 Å². The second-order valence-corrected chi connectivity index (χ2v) is 4.51. The van der Waals surface area contributed by atoms with E-state index in [9.17, 15) is 4.39 Å². The standard InChI is InChI=1S/C13H18FNO/c14-11-5-4-6-12(9-11)16-13(10-15)7-2-1-3-8-13/h4-6,9H,1-3,7-8,10,15H2. The zero-order valence-electron chi connectivity index (χ0n) is 9.42. The van der Waals surface area contributed by atoms with Crippen LogP contribution in [0.15, 0.2) is 24.3 Å². The van der Waals surface area contributed by atoms with Crippen LogP contribution >= 0.6 is 0 Å². The number of halogens is 1. The molecule has 0 unspecified atom stereocenters. The summed E-state index contributed by atoms with van der Waals surface area (Å²) in [6, 6.07) is 6.29. The van der Waals surface area contributed by atoms with Crippen LogP contribution in [0.4, 0.5) is 4.39 Å². The number of nitrogens with two attached hydrogens (primary N) is 1. The van der Waals surface area contributed by atoms with Crippen LogP contribution in [0.25, 0.3) is 0 Å². The van der Waals surface area contributed by atoms with Gasteiger partial charge in [-0.3, -0.25) is 0 Å². The van der Waals surface area contributed by atoms with Crippen molar-refractivity contribution in [3.63, 3.8) is 0 Å². The molecule has 2 rings (SSSR count). The van der Waals surface area contributed by atoms with E-state index in [4.69, 9.17) is 10.5 Å². The van der Waals surface area contributed by atoms with Crippen LogP contribution in [0.2, 0.25) is 0 Å². The van der Waals surface area contributed by atoms with E-state index in [0.717, 1.165) is 25.7 Å². The Morgan fingerprint density at radius 1 is 1.25 bits per heavy atom. The van der Waals surface area contributed by atoms with Crippen molar-refractivity contribution in [1.29, 1.82) is 0 Å². The normalized spacial score (nSPS) is 19.4. The van der Waals surface area contributed by atoms with Crippen molar-refractivity contribution >= 4 is 0 Å². The smallest absolute Gasteiger partial charge is 0.126 e. The molecule has 0 radical (unpaired) electrons. The van der Waals surface area contributed by atoms with Crippen LogP contribution in [0.1, 0.15) is 32.1 Å². The number of hydrogen-bond donors (Lipinski definition) is 1. The number of rotatable bonds is 3. The van der Waals surface area contributed by atoms with E-state index in [1.807, 2.05) is 0 Å². The fourth-order valence-corrected chi connectivity index (χ4v) is 2.32. The van der Waals surface area contributed by atoms with E-state index in [0.29, 0.717) is 12.3 Å². The van der Waals surface area contributed by atoms with E-state index >= 15 is 0 Å². The zero-order chi connectivity index (χ0) is 11.4. The molecule has 0 saturated heterocycles. The van der Waals surface area contributed by atoms with Gasteiger partial charge in [0.05, 0.1) is 0 Å². The Kier molecular flexibility index (Phi) is 3.44. The lowest BCUT2D eigenvalue weighted by Crippen LogP contribution is -2.45. The lowest BCUT2D eigenvalue weighted by atomic mass is 9.84. The Morgan fingerprint density at radius 3 is 2.62 bits per heavy atom. The molecule has 1 aromatic carbocycles. The molecule has 1 saturated carbocycles. The summed E-state index contributed by atoms with van der Waals surface area (Å²) in [4.78, 5) is 0. The number of ether oxygens (including phenoxy) is 1. The van der Waals surface area contributed by atoms with Gasteiger partial charge in [0.15, 0.2) is 0 Å². The highest BCUT2D eigenvalue weighted by atomic mass is 19.1. The molecular weight excluding hydrogens is 205 g/mol. The summed E-state index contributed by atoms with van der Waals surface area (Å²) in [7, 11) is 0. The van der Waals surface area contributed by atoms with Gasteiger partial charge in [-0.15, -0.1) is 0 Å². The molecule has 0 amide bonds. The molecule has 1 aliphatic carbocycles. The minimum absolute atomic E-state index is 0.263. The molecule has 2 nitrogen and oxygen atoms in total. The molecule has 1 aromatic rings. The van der Waals surface area contributed by atoms with Crippen LogP contribution in [-0.2, 0) is 0 Å². The van der Waals surface area contributed by atoms with E-state index in [-0.39, 0.29) is 11.4 Å².